The zero-order valence-corrected chi connectivity index (χ0v) is 13.0. The average molecular weight is 328 g/mol. The largest absolute Gasteiger partial charge is 0.394 e. The van der Waals surface area contributed by atoms with Gasteiger partial charge in [-0.05, 0) is 24.6 Å². The van der Waals surface area contributed by atoms with Gasteiger partial charge in [-0.2, -0.15) is 0 Å². The third kappa shape index (κ3) is 4.56. The van der Waals surface area contributed by atoms with Crippen LogP contribution in [0.25, 0.3) is 0 Å². The number of hydrogen-bond acceptors (Lipinski definition) is 5. The summed E-state index contributed by atoms with van der Waals surface area (Å²) in [4.78, 5) is 8.44. The summed E-state index contributed by atoms with van der Waals surface area (Å²) in [6.45, 7) is 1.86. The number of rotatable bonds is 6. The van der Waals surface area contributed by atoms with Gasteiger partial charge in [-0.15, -0.1) is 0 Å². The number of aromatic nitrogens is 2. The second kappa shape index (κ2) is 7.59. The summed E-state index contributed by atoms with van der Waals surface area (Å²) in [6.07, 6.45) is 1.62. The normalized spacial score (nSPS) is 12.2. The van der Waals surface area contributed by atoms with Crippen molar-refractivity contribution in [2.24, 2.45) is 0 Å². The minimum absolute atomic E-state index is 0.0141. The van der Waals surface area contributed by atoms with E-state index in [1.165, 1.54) is 17.8 Å². The first-order valence-electron chi connectivity index (χ1n) is 6.36. The van der Waals surface area contributed by atoms with E-state index >= 15 is 0 Å². The highest BCUT2D eigenvalue weighted by atomic mass is 35.5. The Kier molecular flexibility index (Phi) is 5.78. The van der Waals surface area contributed by atoms with Gasteiger partial charge < -0.3 is 10.4 Å². The number of halogens is 2. The number of benzene rings is 1. The van der Waals surface area contributed by atoms with Gasteiger partial charge in [0.2, 0.25) is 0 Å². The van der Waals surface area contributed by atoms with Crippen molar-refractivity contribution >= 4 is 29.2 Å². The van der Waals surface area contributed by atoms with Crippen molar-refractivity contribution in [3.8, 4) is 0 Å². The van der Waals surface area contributed by atoms with E-state index < -0.39 is 5.82 Å². The first kappa shape index (κ1) is 16.0. The third-order valence-corrected chi connectivity index (χ3v) is 3.89. The van der Waals surface area contributed by atoms with Crippen molar-refractivity contribution in [2.75, 3.05) is 11.9 Å². The van der Waals surface area contributed by atoms with Crippen LogP contribution in [0.1, 0.15) is 12.5 Å². The van der Waals surface area contributed by atoms with E-state index in [0.29, 0.717) is 22.3 Å². The molecule has 0 aliphatic heterocycles. The SMILES string of the molecule is C[C@H](CO)Nc1ccnc(SCc2cccc(Cl)c2F)n1. The highest BCUT2D eigenvalue weighted by molar-refractivity contribution is 7.98. The van der Waals surface area contributed by atoms with Gasteiger partial charge in [0.1, 0.15) is 11.6 Å². The predicted octanol–water partition coefficient (Wildman–Crippen LogP) is 3.35. The lowest BCUT2D eigenvalue weighted by atomic mass is 10.2. The van der Waals surface area contributed by atoms with Gasteiger partial charge in [-0.25, -0.2) is 14.4 Å². The molecule has 0 aliphatic carbocycles. The lowest BCUT2D eigenvalue weighted by molar-refractivity contribution is 0.281. The first-order chi connectivity index (χ1) is 10.1. The van der Waals surface area contributed by atoms with Gasteiger partial charge in [-0.3, -0.25) is 0 Å². The molecule has 0 fully saturated rings. The van der Waals surface area contributed by atoms with Gasteiger partial charge in [-0.1, -0.05) is 35.5 Å². The van der Waals surface area contributed by atoms with Gasteiger partial charge >= 0.3 is 0 Å². The van der Waals surface area contributed by atoms with Gasteiger partial charge in [0.25, 0.3) is 0 Å². The van der Waals surface area contributed by atoms with E-state index in [-0.39, 0.29) is 17.7 Å². The molecule has 7 heteroatoms. The van der Waals surface area contributed by atoms with Crippen LogP contribution in [0.15, 0.2) is 35.6 Å². The Labute approximate surface area is 131 Å². The number of aliphatic hydroxyl groups is 1. The van der Waals surface area contributed by atoms with Crippen LogP contribution >= 0.6 is 23.4 Å². The summed E-state index contributed by atoms with van der Waals surface area (Å²) in [5, 5.41) is 12.7. The molecule has 2 aromatic rings. The summed E-state index contributed by atoms with van der Waals surface area (Å²) in [7, 11) is 0. The van der Waals surface area contributed by atoms with Crippen LogP contribution < -0.4 is 5.32 Å². The van der Waals surface area contributed by atoms with Crippen LogP contribution in [0.5, 0.6) is 0 Å². The van der Waals surface area contributed by atoms with Gasteiger partial charge in [0.15, 0.2) is 5.16 Å². The maximum Gasteiger partial charge on any atom is 0.189 e. The maximum atomic E-state index is 13.8. The molecule has 0 saturated heterocycles. The zero-order chi connectivity index (χ0) is 15.2. The minimum Gasteiger partial charge on any atom is -0.394 e. The Bertz CT molecular complexity index is 615. The summed E-state index contributed by atoms with van der Waals surface area (Å²) >= 11 is 7.07. The number of nitrogens with zero attached hydrogens (tertiary/aromatic N) is 2. The molecule has 2 rings (SSSR count). The molecule has 0 amide bonds. The van der Waals surface area contributed by atoms with Gasteiger partial charge in [0.05, 0.1) is 11.6 Å². The maximum absolute atomic E-state index is 13.8. The van der Waals surface area contributed by atoms with Crippen LogP contribution in [0.3, 0.4) is 0 Å². The van der Waals surface area contributed by atoms with E-state index in [1.807, 2.05) is 6.92 Å². The zero-order valence-electron chi connectivity index (χ0n) is 11.4. The van der Waals surface area contributed by atoms with E-state index in [0.717, 1.165) is 0 Å². The number of anilines is 1. The molecule has 4 nitrogen and oxygen atoms in total. The van der Waals surface area contributed by atoms with Crippen molar-refractivity contribution in [3.05, 3.63) is 46.9 Å². The molecule has 21 heavy (non-hydrogen) atoms. The molecular formula is C14H15ClFN3OS. The minimum atomic E-state index is -0.408. The number of thioether (sulfide) groups is 1. The molecule has 0 aliphatic rings. The molecule has 0 saturated carbocycles. The van der Waals surface area contributed by atoms with Crippen LogP contribution in [0.2, 0.25) is 5.02 Å². The molecule has 1 heterocycles. The molecule has 1 aromatic heterocycles. The fraction of sp³-hybridized carbons (Fsp3) is 0.286. The van der Waals surface area contributed by atoms with E-state index in [1.54, 1.807) is 24.4 Å². The highest BCUT2D eigenvalue weighted by Gasteiger charge is 2.08. The molecule has 0 bridgehead atoms. The van der Waals surface area contributed by atoms with Crippen LogP contribution in [0.4, 0.5) is 10.2 Å². The molecule has 0 radical (unpaired) electrons. The summed E-state index contributed by atoms with van der Waals surface area (Å²) in [5.41, 5.74) is 0.512. The Morgan fingerprint density at radius 3 is 3.00 bits per heavy atom. The standard InChI is InChI=1S/C14H15ClFN3OS/c1-9(7-20)18-12-5-6-17-14(19-12)21-8-10-3-2-4-11(15)13(10)16/h2-6,9,20H,7-8H2,1H3,(H,17,18,19)/t9-/m1/s1. The fourth-order valence-corrected chi connectivity index (χ4v) is 2.59. The number of nitrogens with one attached hydrogen (secondary N) is 1. The van der Waals surface area contributed by atoms with Crippen molar-refractivity contribution in [3.63, 3.8) is 0 Å². The number of aliphatic hydroxyl groups excluding tert-OH is 1. The third-order valence-electron chi connectivity index (χ3n) is 2.69. The molecule has 2 N–H and O–H groups in total. The topological polar surface area (TPSA) is 58.0 Å². The summed E-state index contributed by atoms with van der Waals surface area (Å²) < 4.78 is 13.8. The lowest BCUT2D eigenvalue weighted by Gasteiger charge is -2.11. The van der Waals surface area contributed by atoms with Crippen molar-refractivity contribution in [1.82, 2.24) is 9.97 Å². The van der Waals surface area contributed by atoms with Crippen LogP contribution in [0, 0.1) is 5.82 Å². The molecular weight excluding hydrogens is 313 g/mol. The van der Waals surface area contributed by atoms with Crippen molar-refractivity contribution in [2.45, 2.75) is 23.9 Å². The monoisotopic (exact) mass is 327 g/mol. The second-order valence-electron chi connectivity index (χ2n) is 4.45. The Morgan fingerprint density at radius 1 is 1.43 bits per heavy atom. The van der Waals surface area contributed by atoms with Crippen LogP contribution in [-0.4, -0.2) is 27.7 Å². The van der Waals surface area contributed by atoms with E-state index in [4.69, 9.17) is 16.7 Å². The summed E-state index contributed by atoms with van der Waals surface area (Å²) in [6, 6.07) is 6.54. The fourth-order valence-electron chi connectivity index (χ4n) is 1.59. The smallest absolute Gasteiger partial charge is 0.189 e. The number of hydrogen-bond donors (Lipinski definition) is 2. The molecule has 0 spiro atoms. The molecule has 112 valence electrons. The highest BCUT2D eigenvalue weighted by Crippen LogP contribution is 2.25. The quantitative estimate of drug-likeness (QED) is 0.629. The summed E-state index contributed by atoms with van der Waals surface area (Å²) in [5.74, 6) is 0.612. The second-order valence-corrected chi connectivity index (χ2v) is 5.80. The molecule has 1 aromatic carbocycles. The Hall–Kier alpha value is -1.37. The lowest BCUT2D eigenvalue weighted by Crippen LogP contribution is -2.20. The van der Waals surface area contributed by atoms with Crippen molar-refractivity contribution < 1.29 is 9.50 Å². The first-order valence-corrected chi connectivity index (χ1v) is 7.72. The van der Waals surface area contributed by atoms with E-state index in [9.17, 15) is 4.39 Å². The van der Waals surface area contributed by atoms with Crippen LogP contribution in [-0.2, 0) is 5.75 Å². The Morgan fingerprint density at radius 2 is 2.24 bits per heavy atom. The predicted molar refractivity (Wildman–Crippen MR) is 83.2 cm³/mol. The van der Waals surface area contributed by atoms with Crippen molar-refractivity contribution in [1.29, 1.82) is 0 Å². The van der Waals surface area contributed by atoms with Gasteiger partial charge in [0, 0.05) is 18.0 Å². The Balaban J connectivity index is 2.03. The molecule has 0 unspecified atom stereocenters. The molecule has 1 atom stereocenters. The average Bonchev–Trinajstić information content (AvgIpc) is 2.49. The van der Waals surface area contributed by atoms with E-state index in [2.05, 4.69) is 15.3 Å².